The lowest BCUT2D eigenvalue weighted by molar-refractivity contribution is -0.171. The lowest BCUT2D eigenvalue weighted by Gasteiger charge is -2.52. The molecule has 6 heteroatoms. The molecule has 0 radical (unpaired) electrons. The zero-order valence-corrected chi connectivity index (χ0v) is 18.9. The molecule has 2 fully saturated rings. The van der Waals surface area contributed by atoms with Gasteiger partial charge in [0.1, 0.15) is 11.8 Å². The van der Waals surface area contributed by atoms with Gasteiger partial charge in [-0.15, -0.1) is 0 Å². The van der Waals surface area contributed by atoms with Gasteiger partial charge in [-0.05, 0) is 67.6 Å². The van der Waals surface area contributed by atoms with Gasteiger partial charge < -0.3 is 19.0 Å². The van der Waals surface area contributed by atoms with Crippen molar-refractivity contribution in [3.05, 3.63) is 89.4 Å². The largest absolute Gasteiger partial charge is 0.478 e. The number of nitrogens with zero attached hydrogens (tertiary/aromatic N) is 2. The summed E-state index contributed by atoms with van der Waals surface area (Å²) in [7, 11) is 0. The highest BCUT2D eigenvalue weighted by Gasteiger charge is 2.53. The van der Waals surface area contributed by atoms with Gasteiger partial charge in [-0.25, -0.2) is 0 Å². The van der Waals surface area contributed by atoms with Gasteiger partial charge in [0.05, 0.1) is 6.26 Å². The standard InChI is InChI=1S/C27H28N2O4/c1-18-10-11-20(17-19(18)2)24-25(33-22-7-4-3-5-8-22)27(31)29(24)21-12-14-28(15-13-21)26(30)23-9-6-16-32-23/h3-11,16-17,21,24-25H,12-15H2,1-2H3. The van der Waals surface area contributed by atoms with E-state index in [0.717, 1.165) is 18.4 Å². The number of carbonyl (C=O) groups excluding carboxylic acids is 2. The molecule has 2 saturated heterocycles. The number of β-lactam (4-membered cyclic amide) rings is 1. The fourth-order valence-electron chi connectivity index (χ4n) is 4.84. The van der Waals surface area contributed by atoms with Crippen molar-refractivity contribution in [2.24, 2.45) is 0 Å². The van der Waals surface area contributed by atoms with Gasteiger partial charge in [0.15, 0.2) is 5.76 Å². The summed E-state index contributed by atoms with van der Waals surface area (Å²) >= 11 is 0. The molecule has 2 amide bonds. The van der Waals surface area contributed by atoms with Crippen LogP contribution in [-0.2, 0) is 4.79 Å². The number of hydrogen-bond donors (Lipinski definition) is 0. The molecule has 2 aliphatic heterocycles. The van der Waals surface area contributed by atoms with Crippen LogP contribution in [0, 0.1) is 13.8 Å². The molecule has 170 valence electrons. The Morgan fingerprint density at radius 1 is 0.970 bits per heavy atom. The fourth-order valence-corrected chi connectivity index (χ4v) is 4.84. The van der Waals surface area contributed by atoms with Crippen LogP contribution in [0.25, 0.3) is 0 Å². The summed E-state index contributed by atoms with van der Waals surface area (Å²) in [6, 6.07) is 19.2. The second kappa shape index (κ2) is 8.77. The highest BCUT2D eigenvalue weighted by Crippen LogP contribution is 2.42. The van der Waals surface area contributed by atoms with Crippen molar-refractivity contribution in [1.29, 1.82) is 0 Å². The Morgan fingerprint density at radius 2 is 1.73 bits per heavy atom. The van der Waals surface area contributed by atoms with Crippen LogP contribution in [0.15, 0.2) is 71.3 Å². The normalized spacial score (nSPS) is 21.1. The van der Waals surface area contributed by atoms with Crippen molar-refractivity contribution in [3.63, 3.8) is 0 Å². The molecule has 2 aliphatic rings. The van der Waals surface area contributed by atoms with E-state index >= 15 is 0 Å². The predicted octanol–water partition coefficient (Wildman–Crippen LogP) is 4.53. The Kier molecular flexibility index (Phi) is 5.67. The van der Waals surface area contributed by atoms with Gasteiger partial charge in [0.2, 0.25) is 6.10 Å². The number of hydrogen-bond acceptors (Lipinski definition) is 4. The van der Waals surface area contributed by atoms with E-state index in [1.54, 1.807) is 12.1 Å². The molecule has 2 unspecified atom stereocenters. The number of carbonyl (C=O) groups is 2. The fraction of sp³-hybridized carbons (Fsp3) is 0.333. The number of benzene rings is 2. The Hall–Kier alpha value is -3.54. The van der Waals surface area contributed by atoms with Crippen molar-refractivity contribution in [2.75, 3.05) is 13.1 Å². The Morgan fingerprint density at radius 3 is 2.39 bits per heavy atom. The number of aryl methyl sites for hydroxylation is 2. The molecule has 0 aliphatic carbocycles. The van der Waals surface area contributed by atoms with Gasteiger partial charge in [-0.2, -0.15) is 0 Å². The molecule has 0 saturated carbocycles. The van der Waals surface area contributed by atoms with Crippen LogP contribution in [0.4, 0.5) is 0 Å². The second-order valence-corrected chi connectivity index (χ2v) is 8.89. The maximum atomic E-state index is 13.3. The molecule has 1 aromatic heterocycles. The van der Waals surface area contributed by atoms with Gasteiger partial charge in [-0.1, -0.05) is 36.4 Å². The summed E-state index contributed by atoms with van der Waals surface area (Å²) in [6.45, 7) is 5.37. The zero-order valence-electron chi connectivity index (χ0n) is 18.9. The third-order valence-corrected chi connectivity index (χ3v) is 6.84. The maximum absolute atomic E-state index is 13.3. The summed E-state index contributed by atoms with van der Waals surface area (Å²) in [6.07, 6.45) is 2.44. The highest BCUT2D eigenvalue weighted by molar-refractivity contribution is 5.92. The first-order chi connectivity index (χ1) is 16.0. The number of amides is 2. The number of ether oxygens (including phenoxy) is 1. The summed E-state index contributed by atoms with van der Waals surface area (Å²) in [4.78, 5) is 29.7. The quantitative estimate of drug-likeness (QED) is 0.543. The third kappa shape index (κ3) is 4.01. The number of rotatable bonds is 5. The molecule has 2 atom stereocenters. The lowest BCUT2D eigenvalue weighted by Crippen LogP contribution is -2.65. The van der Waals surface area contributed by atoms with Crippen LogP contribution in [0.1, 0.15) is 46.1 Å². The van der Waals surface area contributed by atoms with E-state index in [1.807, 2.05) is 40.1 Å². The van der Waals surface area contributed by atoms with E-state index in [2.05, 4.69) is 32.0 Å². The molecule has 0 spiro atoms. The van der Waals surface area contributed by atoms with Crippen LogP contribution in [0.3, 0.4) is 0 Å². The van der Waals surface area contributed by atoms with E-state index in [0.29, 0.717) is 24.6 Å². The first-order valence-corrected chi connectivity index (χ1v) is 11.5. The molecule has 5 rings (SSSR count). The summed E-state index contributed by atoms with van der Waals surface area (Å²) in [5.41, 5.74) is 3.51. The van der Waals surface area contributed by atoms with Crippen molar-refractivity contribution in [2.45, 2.75) is 44.9 Å². The van der Waals surface area contributed by atoms with Crippen molar-refractivity contribution in [3.8, 4) is 5.75 Å². The van der Waals surface area contributed by atoms with Crippen molar-refractivity contribution >= 4 is 11.8 Å². The smallest absolute Gasteiger partial charge is 0.289 e. The third-order valence-electron chi connectivity index (χ3n) is 6.84. The molecule has 0 N–H and O–H groups in total. The number of para-hydroxylation sites is 1. The topological polar surface area (TPSA) is 63.0 Å². The molecule has 6 nitrogen and oxygen atoms in total. The predicted molar refractivity (Wildman–Crippen MR) is 124 cm³/mol. The maximum Gasteiger partial charge on any atom is 0.289 e. The van der Waals surface area contributed by atoms with Crippen LogP contribution >= 0.6 is 0 Å². The second-order valence-electron chi connectivity index (χ2n) is 8.89. The van der Waals surface area contributed by atoms with E-state index in [1.165, 1.54) is 17.4 Å². The highest BCUT2D eigenvalue weighted by atomic mass is 16.5. The van der Waals surface area contributed by atoms with Crippen molar-refractivity contribution in [1.82, 2.24) is 9.80 Å². The Bertz CT molecular complexity index is 1130. The van der Waals surface area contributed by atoms with Crippen LogP contribution in [0.5, 0.6) is 5.75 Å². The first kappa shape index (κ1) is 21.3. The monoisotopic (exact) mass is 444 g/mol. The number of furan rings is 1. The SMILES string of the molecule is Cc1ccc(C2C(Oc3ccccc3)C(=O)N2C2CCN(C(=O)c3ccco3)CC2)cc1C. The van der Waals surface area contributed by atoms with E-state index in [-0.39, 0.29) is 23.9 Å². The molecular weight excluding hydrogens is 416 g/mol. The molecule has 2 aromatic carbocycles. The van der Waals surface area contributed by atoms with E-state index in [4.69, 9.17) is 9.15 Å². The minimum atomic E-state index is -0.544. The average molecular weight is 445 g/mol. The van der Waals surface area contributed by atoms with Crippen LogP contribution < -0.4 is 4.74 Å². The van der Waals surface area contributed by atoms with Gasteiger partial charge >= 0.3 is 0 Å². The average Bonchev–Trinajstić information content (AvgIpc) is 3.38. The molecule has 0 bridgehead atoms. The summed E-state index contributed by atoms with van der Waals surface area (Å²) < 4.78 is 11.4. The van der Waals surface area contributed by atoms with Crippen LogP contribution in [0.2, 0.25) is 0 Å². The van der Waals surface area contributed by atoms with Crippen LogP contribution in [-0.4, -0.2) is 46.8 Å². The summed E-state index contributed by atoms with van der Waals surface area (Å²) in [5, 5.41) is 0. The van der Waals surface area contributed by atoms with E-state index < -0.39 is 6.10 Å². The Balaban J connectivity index is 1.35. The summed E-state index contributed by atoms with van der Waals surface area (Å²) in [5.74, 6) is 0.975. The Labute approximate surface area is 193 Å². The molecular formula is C27H28N2O4. The van der Waals surface area contributed by atoms with Gasteiger partial charge in [0, 0.05) is 19.1 Å². The number of piperidine rings is 1. The van der Waals surface area contributed by atoms with Crippen molar-refractivity contribution < 1.29 is 18.7 Å². The molecule has 33 heavy (non-hydrogen) atoms. The number of likely N-dealkylation sites (tertiary alicyclic amines) is 2. The first-order valence-electron chi connectivity index (χ1n) is 11.5. The van der Waals surface area contributed by atoms with Gasteiger partial charge in [-0.3, -0.25) is 9.59 Å². The minimum Gasteiger partial charge on any atom is -0.478 e. The van der Waals surface area contributed by atoms with Gasteiger partial charge in [0.25, 0.3) is 11.8 Å². The molecule has 3 aromatic rings. The lowest BCUT2D eigenvalue weighted by atomic mass is 9.85. The molecule has 3 heterocycles. The minimum absolute atomic E-state index is 0.0119. The van der Waals surface area contributed by atoms with E-state index in [9.17, 15) is 9.59 Å². The zero-order chi connectivity index (χ0) is 22.9.